The van der Waals surface area contributed by atoms with Crippen molar-refractivity contribution in [2.45, 2.75) is 52.9 Å². The third-order valence-electron chi connectivity index (χ3n) is 5.48. The van der Waals surface area contributed by atoms with Gasteiger partial charge in [0, 0.05) is 24.5 Å². The Labute approximate surface area is 182 Å². The predicted octanol–water partition coefficient (Wildman–Crippen LogP) is 4.22. The monoisotopic (exact) mass is 422 g/mol. The molecule has 6 heteroatoms. The second-order valence-corrected chi connectivity index (χ2v) is 8.96. The number of aliphatic carboxylic acids is 1. The first-order chi connectivity index (χ1) is 14.4. The molecule has 3 aromatic rings. The number of benzene rings is 2. The van der Waals surface area contributed by atoms with Crippen molar-refractivity contribution in [2.24, 2.45) is 12.8 Å². The maximum atomic E-state index is 13.3. The molecule has 1 unspecified atom stereocenters. The van der Waals surface area contributed by atoms with Crippen LogP contribution < -0.4 is 11.3 Å². The van der Waals surface area contributed by atoms with Crippen molar-refractivity contribution < 1.29 is 14.6 Å². The highest BCUT2D eigenvalue weighted by Crippen LogP contribution is 2.37. The second kappa shape index (κ2) is 8.29. The zero-order valence-corrected chi connectivity index (χ0v) is 18.9. The maximum absolute atomic E-state index is 13.3. The number of hydrogen-bond donors (Lipinski definition) is 2. The second-order valence-electron chi connectivity index (χ2n) is 8.96. The Hall–Kier alpha value is -2.96. The minimum Gasteiger partial charge on any atom is -0.479 e. The van der Waals surface area contributed by atoms with E-state index in [0.717, 1.165) is 22.3 Å². The summed E-state index contributed by atoms with van der Waals surface area (Å²) in [4.78, 5) is 25.6. The molecule has 6 nitrogen and oxygen atoms in total. The van der Waals surface area contributed by atoms with Crippen molar-refractivity contribution in [3.05, 3.63) is 69.1 Å². The smallest absolute Gasteiger partial charge is 0.339 e. The molecule has 2 aromatic carbocycles. The molecular formula is C25H30N2O4. The highest BCUT2D eigenvalue weighted by atomic mass is 16.5. The Kier molecular flexibility index (Phi) is 6.07. The number of aromatic nitrogens is 1. The van der Waals surface area contributed by atoms with Crippen molar-refractivity contribution in [3.8, 4) is 11.1 Å². The van der Waals surface area contributed by atoms with E-state index in [0.29, 0.717) is 28.6 Å². The van der Waals surface area contributed by atoms with Gasteiger partial charge < -0.3 is 20.1 Å². The van der Waals surface area contributed by atoms with Gasteiger partial charge in [0.2, 0.25) is 0 Å². The molecule has 164 valence electrons. The van der Waals surface area contributed by atoms with Crippen LogP contribution in [0.2, 0.25) is 0 Å². The molecule has 1 aromatic heterocycles. The van der Waals surface area contributed by atoms with Crippen LogP contribution in [0, 0.1) is 13.8 Å². The first-order valence-electron chi connectivity index (χ1n) is 10.3. The Morgan fingerprint density at radius 1 is 1.10 bits per heavy atom. The SMILES string of the molecule is Cc1ccc(-c2c(C(OC(C)(C)C)C(=O)O)n(C)c(=O)c3cc(CN)ccc23)cc1C. The lowest BCUT2D eigenvalue weighted by Gasteiger charge is -2.28. The van der Waals surface area contributed by atoms with Crippen LogP contribution in [-0.2, 0) is 23.1 Å². The molecule has 31 heavy (non-hydrogen) atoms. The first kappa shape index (κ1) is 22.7. The van der Waals surface area contributed by atoms with E-state index in [1.54, 1.807) is 33.9 Å². The summed E-state index contributed by atoms with van der Waals surface area (Å²) in [5.74, 6) is -1.15. The summed E-state index contributed by atoms with van der Waals surface area (Å²) in [6.07, 6.45) is -1.31. The van der Waals surface area contributed by atoms with Crippen LogP contribution >= 0.6 is 0 Å². The van der Waals surface area contributed by atoms with Crippen molar-refractivity contribution in [1.29, 1.82) is 0 Å². The quantitative estimate of drug-likeness (QED) is 0.642. The van der Waals surface area contributed by atoms with Crippen LogP contribution in [0.15, 0.2) is 41.2 Å². The predicted molar refractivity (Wildman–Crippen MR) is 123 cm³/mol. The third-order valence-corrected chi connectivity index (χ3v) is 5.48. The van der Waals surface area contributed by atoms with Crippen LogP contribution in [-0.4, -0.2) is 21.2 Å². The highest BCUT2D eigenvalue weighted by Gasteiger charge is 2.33. The first-order valence-corrected chi connectivity index (χ1v) is 10.3. The normalized spacial score (nSPS) is 12.9. The number of rotatable bonds is 5. The van der Waals surface area contributed by atoms with Gasteiger partial charge >= 0.3 is 5.97 Å². The minimum absolute atomic E-state index is 0.281. The zero-order valence-electron chi connectivity index (χ0n) is 18.9. The van der Waals surface area contributed by atoms with Gasteiger partial charge in [-0.3, -0.25) is 4.79 Å². The van der Waals surface area contributed by atoms with Gasteiger partial charge in [-0.15, -0.1) is 0 Å². The fraction of sp³-hybridized carbons (Fsp3) is 0.360. The number of fused-ring (bicyclic) bond motifs is 1. The largest absolute Gasteiger partial charge is 0.479 e. The van der Waals surface area contributed by atoms with E-state index < -0.39 is 17.7 Å². The Bertz CT molecular complexity index is 1220. The van der Waals surface area contributed by atoms with Crippen LogP contribution in [0.3, 0.4) is 0 Å². The van der Waals surface area contributed by atoms with Gasteiger partial charge in [0.05, 0.1) is 11.3 Å². The van der Waals surface area contributed by atoms with E-state index in [1.165, 1.54) is 4.57 Å². The maximum Gasteiger partial charge on any atom is 0.339 e. The number of nitrogens with two attached hydrogens (primary N) is 1. The average molecular weight is 423 g/mol. The number of aryl methyl sites for hydroxylation is 2. The Morgan fingerprint density at radius 2 is 1.77 bits per heavy atom. The molecular weight excluding hydrogens is 392 g/mol. The third kappa shape index (κ3) is 4.40. The molecule has 0 aliphatic carbocycles. The molecule has 0 spiro atoms. The number of carbonyl (C=O) groups is 1. The number of carboxylic acids is 1. The molecule has 0 radical (unpaired) electrons. The summed E-state index contributed by atoms with van der Waals surface area (Å²) in [6.45, 7) is 9.73. The van der Waals surface area contributed by atoms with Crippen LogP contribution in [0.1, 0.15) is 49.3 Å². The zero-order chi connectivity index (χ0) is 23.1. The van der Waals surface area contributed by atoms with E-state index in [9.17, 15) is 14.7 Å². The standard InChI is InChI=1S/C25H30N2O4/c1-14-7-9-17(11-15(14)2)20-18-10-8-16(13-26)12-19(18)23(28)27(6)21(20)22(24(29)30)31-25(3,4)5/h7-12,22H,13,26H2,1-6H3,(H,29,30). The van der Waals surface area contributed by atoms with E-state index in [1.807, 2.05) is 44.2 Å². The summed E-state index contributed by atoms with van der Waals surface area (Å²) in [5.41, 5.74) is 9.67. The van der Waals surface area contributed by atoms with Gasteiger partial charge in [-0.2, -0.15) is 0 Å². The summed E-state index contributed by atoms with van der Waals surface area (Å²) in [6, 6.07) is 11.5. The topological polar surface area (TPSA) is 94.5 Å². The molecule has 0 fully saturated rings. The summed E-state index contributed by atoms with van der Waals surface area (Å²) in [7, 11) is 1.60. The van der Waals surface area contributed by atoms with Crippen molar-refractivity contribution in [1.82, 2.24) is 4.57 Å². The molecule has 3 N–H and O–H groups in total. The van der Waals surface area contributed by atoms with Crippen molar-refractivity contribution >= 4 is 16.7 Å². The molecule has 1 atom stereocenters. The molecule has 0 aliphatic heterocycles. The Morgan fingerprint density at radius 3 is 2.32 bits per heavy atom. The van der Waals surface area contributed by atoms with Gasteiger partial charge in [0.1, 0.15) is 0 Å². The van der Waals surface area contributed by atoms with Gasteiger partial charge in [0.15, 0.2) is 6.10 Å². The van der Waals surface area contributed by atoms with Gasteiger partial charge in [0.25, 0.3) is 5.56 Å². The number of ether oxygens (including phenoxy) is 1. The van der Waals surface area contributed by atoms with E-state index >= 15 is 0 Å². The molecule has 0 amide bonds. The summed E-state index contributed by atoms with van der Waals surface area (Å²) >= 11 is 0. The van der Waals surface area contributed by atoms with Gasteiger partial charge in [-0.25, -0.2) is 4.79 Å². The number of hydrogen-bond acceptors (Lipinski definition) is 4. The molecule has 0 saturated carbocycles. The number of nitrogens with zero attached hydrogens (tertiary/aromatic N) is 1. The van der Waals surface area contributed by atoms with Crippen molar-refractivity contribution in [3.63, 3.8) is 0 Å². The lowest BCUT2D eigenvalue weighted by atomic mass is 9.91. The fourth-order valence-corrected chi connectivity index (χ4v) is 3.79. The fourth-order valence-electron chi connectivity index (χ4n) is 3.79. The highest BCUT2D eigenvalue weighted by molar-refractivity contribution is 5.99. The molecule has 0 aliphatic rings. The van der Waals surface area contributed by atoms with E-state index in [2.05, 4.69) is 0 Å². The van der Waals surface area contributed by atoms with E-state index in [4.69, 9.17) is 10.5 Å². The summed E-state index contributed by atoms with van der Waals surface area (Å²) in [5, 5.41) is 11.3. The van der Waals surface area contributed by atoms with Crippen LogP contribution in [0.25, 0.3) is 21.9 Å². The molecule has 0 bridgehead atoms. The van der Waals surface area contributed by atoms with Crippen molar-refractivity contribution in [2.75, 3.05) is 0 Å². The summed E-state index contributed by atoms with van der Waals surface area (Å²) < 4.78 is 7.35. The number of carboxylic acid groups (broad SMARTS) is 1. The van der Waals surface area contributed by atoms with Crippen LogP contribution in [0.4, 0.5) is 0 Å². The average Bonchev–Trinajstić information content (AvgIpc) is 2.70. The van der Waals surface area contributed by atoms with Gasteiger partial charge in [-0.1, -0.05) is 30.3 Å². The Balaban J connectivity index is 2.50. The van der Waals surface area contributed by atoms with E-state index in [-0.39, 0.29) is 5.56 Å². The molecule has 3 rings (SSSR count). The van der Waals surface area contributed by atoms with Gasteiger partial charge in [-0.05, 0) is 68.3 Å². The minimum atomic E-state index is -1.31. The molecule has 1 heterocycles. The number of pyridine rings is 1. The lowest BCUT2D eigenvalue weighted by Crippen LogP contribution is -2.33. The molecule has 0 saturated heterocycles. The lowest BCUT2D eigenvalue weighted by molar-refractivity contribution is -0.161. The van der Waals surface area contributed by atoms with Crippen LogP contribution in [0.5, 0.6) is 0 Å².